The molecule has 0 amide bonds. The van der Waals surface area contributed by atoms with Gasteiger partial charge in [0.05, 0.1) is 12.2 Å². The first-order chi connectivity index (χ1) is 16.6. The van der Waals surface area contributed by atoms with Crippen molar-refractivity contribution in [1.29, 1.82) is 0 Å². The Morgan fingerprint density at radius 3 is 1.59 bits per heavy atom. The van der Waals surface area contributed by atoms with Crippen LogP contribution in [0.3, 0.4) is 0 Å². The molecule has 2 aromatic carbocycles. The molecule has 0 heterocycles. The highest BCUT2D eigenvalue weighted by Gasteiger charge is 2.10. The number of unbranched alkanes of at least 4 members (excludes halogenated alkanes) is 13. The highest BCUT2D eigenvalue weighted by molar-refractivity contribution is 5.93. The van der Waals surface area contributed by atoms with Crippen LogP contribution in [0.4, 0.5) is 11.4 Å². The van der Waals surface area contributed by atoms with Gasteiger partial charge < -0.3 is 20.9 Å². The summed E-state index contributed by atoms with van der Waals surface area (Å²) in [5.41, 5.74) is 12.7. The Bertz CT molecular complexity index is 800. The zero-order valence-corrected chi connectivity index (χ0v) is 21.0. The Labute approximate surface area is 206 Å². The first kappa shape index (κ1) is 27.6. The molecule has 0 aliphatic carbocycles. The van der Waals surface area contributed by atoms with Crippen LogP contribution in [-0.2, 0) is 0 Å². The van der Waals surface area contributed by atoms with Crippen molar-refractivity contribution in [2.45, 2.75) is 96.8 Å². The zero-order chi connectivity index (χ0) is 24.4. The van der Waals surface area contributed by atoms with Gasteiger partial charge in [-0.15, -0.1) is 0 Å². The smallest absolute Gasteiger partial charge is 0.343 e. The largest absolute Gasteiger partial charge is 0.494 e. The van der Waals surface area contributed by atoms with E-state index in [2.05, 4.69) is 6.92 Å². The average molecular weight is 469 g/mol. The van der Waals surface area contributed by atoms with E-state index >= 15 is 0 Å². The number of carbonyl (C=O) groups is 1. The molecule has 0 aliphatic heterocycles. The number of hydrogen-bond acceptors (Lipinski definition) is 5. The SMILES string of the molecule is CCCCCCCCCCCCCCCCOc1ccc(OC(=O)c2cc(N)cc(N)c2)cc1. The van der Waals surface area contributed by atoms with Gasteiger partial charge in [-0.2, -0.15) is 0 Å². The van der Waals surface area contributed by atoms with Gasteiger partial charge in [0.1, 0.15) is 11.5 Å². The maximum absolute atomic E-state index is 12.3. The molecule has 0 spiro atoms. The van der Waals surface area contributed by atoms with Gasteiger partial charge in [-0.05, 0) is 48.9 Å². The maximum Gasteiger partial charge on any atom is 0.343 e. The van der Waals surface area contributed by atoms with Crippen LogP contribution in [0.25, 0.3) is 0 Å². The highest BCUT2D eigenvalue weighted by Crippen LogP contribution is 2.21. The van der Waals surface area contributed by atoms with Gasteiger partial charge >= 0.3 is 5.97 Å². The maximum atomic E-state index is 12.3. The van der Waals surface area contributed by atoms with E-state index in [9.17, 15) is 4.79 Å². The molecule has 5 nitrogen and oxygen atoms in total. The van der Waals surface area contributed by atoms with E-state index in [1.807, 2.05) is 12.1 Å². The van der Waals surface area contributed by atoms with Crippen LogP contribution < -0.4 is 20.9 Å². The number of esters is 1. The van der Waals surface area contributed by atoms with Gasteiger partial charge in [-0.1, -0.05) is 90.4 Å². The predicted octanol–water partition coefficient (Wildman–Crippen LogP) is 7.93. The molecule has 34 heavy (non-hydrogen) atoms. The standard InChI is InChI=1S/C29H44N2O3/c1-2-3-4-5-6-7-8-9-10-11-12-13-14-15-20-33-27-16-18-28(19-17-27)34-29(32)24-21-25(30)23-26(31)22-24/h16-19,21-23H,2-15,20,30-31H2,1H3. The molecule has 188 valence electrons. The van der Waals surface area contributed by atoms with Crippen molar-refractivity contribution < 1.29 is 14.3 Å². The Hall–Kier alpha value is -2.69. The number of carbonyl (C=O) groups excluding carboxylic acids is 1. The van der Waals surface area contributed by atoms with Crippen molar-refractivity contribution in [2.75, 3.05) is 18.1 Å². The molecule has 0 aromatic heterocycles. The first-order valence-electron chi connectivity index (χ1n) is 13.2. The third-order valence-corrected chi connectivity index (χ3v) is 6.01. The van der Waals surface area contributed by atoms with Crippen LogP contribution in [0.15, 0.2) is 42.5 Å². The molecule has 2 aromatic rings. The molecule has 0 saturated heterocycles. The molecule has 0 unspecified atom stereocenters. The van der Waals surface area contributed by atoms with E-state index in [1.54, 1.807) is 30.3 Å². The van der Waals surface area contributed by atoms with E-state index in [4.69, 9.17) is 20.9 Å². The average Bonchev–Trinajstić information content (AvgIpc) is 2.82. The van der Waals surface area contributed by atoms with Gasteiger partial charge in [0.2, 0.25) is 0 Å². The van der Waals surface area contributed by atoms with Crippen molar-refractivity contribution in [2.24, 2.45) is 0 Å². The predicted molar refractivity (Wildman–Crippen MR) is 142 cm³/mol. The van der Waals surface area contributed by atoms with E-state index in [0.29, 0.717) is 29.3 Å². The molecular weight excluding hydrogens is 424 g/mol. The lowest BCUT2D eigenvalue weighted by Crippen LogP contribution is -2.09. The third kappa shape index (κ3) is 12.0. The second-order valence-electron chi connectivity index (χ2n) is 9.19. The second-order valence-corrected chi connectivity index (χ2v) is 9.19. The minimum absolute atomic E-state index is 0.329. The summed E-state index contributed by atoms with van der Waals surface area (Å²) in [6.45, 7) is 2.98. The first-order valence-corrected chi connectivity index (χ1v) is 13.2. The fraction of sp³-hybridized carbons (Fsp3) is 0.552. The minimum atomic E-state index is -0.491. The van der Waals surface area contributed by atoms with E-state index in [0.717, 1.165) is 12.2 Å². The topological polar surface area (TPSA) is 87.6 Å². The fourth-order valence-electron chi connectivity index (χ4n) is 4.05. The zero-order valence-electron chi connectivity index (χ0n) is 21.0. The van der Waals surface area contributed by atoms with Crippen molar-refractivity contribution in [3.8, 4) is 11.5 Å². The third-order valence-electron chi connectivity index (χ3n) is 6.01. The number of nitrogens with two attached hydrogens (primary N) is 2. The number of ether oxygens (including phenoxy) is 2. The van der Waals surface area contributed by atoms with E-state index in [-0.39, 0.29) is 0 Å². The summed E-state index contributed by atoms with van der Waals surface area (Å²) in [6.07, 6.45) is 18.8. The van der Waals surface area contributed by atoms with Gasteiger partial charge in [0.25, 0.3) is 0 Å². The summed E-state index contributed by atoms with van der Waals surface area (Å²) in [5.74, 6) is 0.743. The molecule has 2 rings (SSSR count). The number of hydrogen-bond donors (Lipinski definition) is 2. The van der Waals surface area contributed by atoms with Crippen LogP contribution >= 0.6 is 0 Å². The normalized spacial score (nSPS) is 10.9. The van der Waals surface area contributed by atoms with Crippen molar-refractivity contribution in [3.63, 3.8) is 0 Å². The summed E-state index contributed by atoms with van der Waals surface area (Å²) < 4.78 is 11.2. The van der Waals surface area contributed by atoms with Gasteiger partial charge in [0, 0.05) is 11.4 Å². The van der Waals surface area contributed by atoms with Crippen molar-refractivity contribution >= 4 is 17.3 Å². The van der Waals surface area contributed by atoms with Crippen LogP contribution in [0.5, 0.6) is 11.5 Å². The second kappa shape index (κ2) is 16.9. The Kier molecular flexibility index (Phi) is 13.7. The molecule has 4 N–H and O–H groups in total. The molecule has 0 radical (unpaired) electrons. The van der Waals surface area contributed by atoms with Crippen LogP contribution in [-0.4, -0.2) is 12.6 Å². The highest BCUT2D eigenvalue weighted by atomic mass is 16.5. The van der Waals surface area contributed by atoms with Crippen molar-refractivity contribution in [3.05, 3.63) is 48.0 Å². The van der Waals surface area contributed by atoms with Crippen LogP contribution in [0, 0.1) is 0 Å². The Morgan fingerprint density at radius 2 is 1.09 bits per heavy atom. The fourth-order valence-corrected chi connectivity index (χ4v) is 4.05. The summed E-state index contributed by atoms with van der Waals surface area (Å²) in [5, 5.41) is 0. The van der Waals surface area contributed by atoms with E-state index in [1.165, 1.54) is 83.5 Å². The lowest BCUT2D eigenvalue weighted by atomic mass is 10.0. The van der Waals surface area contributed by atoms with Crippen molar-refractivity contribution in [1.82, 2.24) is 0 Å². The lowest BCUT2D eigenvalue weighted by molar-refractivity contribution is 0.0734. The molecule has 0 atom stereocenters. The van der Waals surface area contributed by atoms with Gasteiger partial charge in [-0.3, -0.25) is 0 Å². The van der Waals surface area contributed by atoms with E-state index < -0.39 is 5.97 Å². The van der Waals surface area contributed by atoms with Gasteiger partial charge in [0.15, 0.2) is 0 Å². The number of rotatable bonds is 18. The Balaban J connectivity index is 1.48. The minimum Gasteiger partial charge on any atom is -0.494 e. The molecule has 0 aliphatic rings. The monoisotopic (exact) mass is 468 g/mol. The number of anilines is 2. The number of benzene rings is 2. The Morgan fingerprint density at radius 1 is 0.647 bits per heavy atom. The van der Waals surface area contributed by atoms with Gasteiger partial charge in [-0.25, -0.2) is 4.79 Å². The molecular formula is C29H44N2O3. The summed E-state index contributed by atoms with van der Waals surface area (Å²) in [6, 6.07) is 11.8. The quantitative estimate of drug-likeness (QED) is 0.100. The number of nitrogen functional groups attached to an aromatic ring is 2. The molecule has 5 heteroatoms. The summed E-state index contributed by atoms with van der Waals surface area (Å²) in [4.78, 5) is 12.3. The van der Waals surface area contributed by atoms with Crippen LogP contribution in [0.2, 0.25) is 0 Å². The summed E-state index contributed by atoms with van der Waals surface area (Å²) >= 11 is 0. The molecule has 0 saturated carbocycles. The summed E-state index contributed by atoms with van der Waals surface area (Å²) in [7, 11) is 0. The van der Waals surface area contributed by atoms with Crippen LogP contribution in [0.1, 0.15) is 107 Å². The molecule has 0 fully saturated rings. The lowest BCUT2D eigenvalue weighted by Gasteiger charge is -2.09. The molecule has 0 bridgehead atoms.